The number of fused-ring (bicyclic) bond motifs is 3. The Labute approximate surface area is 148 Å². The molecule has 2 aromatic carbocycles. The lowest BCUT2D eigenvalue weighted by Crippen LogP contribution is -2.21. The lowest BCUT2D eigenvalue weighted by molar-refractivity contribution is -0.110. The Morgan fingerprint density at radius 1 is 0.920 bits per heavy atom. The van der Waals surface area contributed by atoms with E-state index in [1.807, 2.05) is 80.6 Å². The third-order valence-corrected chi connectivity index (χ3v) is 4.10. The van der Waals surface area contributed by atoms with Crippen LogP contribution in [-0.4, -0.2) is 16.5 Å². The van der Waals surface area contributed by atoms with Gasteiger partial charge in [0.05, 0.1) is 5.60 Å². The van der Waals surface area contributed by atoms with E-state index in [1.165, 1.54) is 11.1 Å². The molecule has 0 saturated heterocycles. The lowest BCUT2D eigenvalue weighted by Gasteiger charge is -2.16. The van der Waals surface area contributed by atoms with Crippen LogP contribution in [0.4, 0.5) is 0 Å². The molecule has 0 radical (unpaired) electrons. The summed E-state index contributed by atoms with van der Waals surface area (Å²) in [4.78, 5) is 11.5. The van der Waals surface area contributed by atoms with E-state index in [9.17, 15) is 9.90 Å². The summed E-state index contributed by atoms with van der Waals surface area (Å²) in [5, 5.41) is 9.47. The van der Waals surface area contributed by atoms with Crippen molar-refractivity contribution in [2.24, 2.45) is 0 Å². The van der Waals surface area contributed by atoms with Gasteiger partial charge in [0.25, 0.3) is 0 Å². The van der Waals surface area contributed by atoms with Gasteiger partial charge in [-0.25, -0.2) is 0 Å². The Balaban J connectivity index is 0.000000151. The van der Waals surface area contributed by atoms with Crippen molar-refractivity contribution < 1.29 is 9.90 Å². The molecule has 0 aliphatic heterocycles. The zero-order chi connectivity index (χ0) is 17.9. The molecule has 0 bridgehead atoms. The average Bonchev–Trinajstić information content (AvgIpc) is 2.95. The van der Waals surface area contributed by atoms with Crippen LogP contribution in [0.15, 0.2) is 78.4 Å². The maximum atomic E-state index is 11.5. The maximum absolute atomic E-state index is 11.5. The number of allylic oxidation sites excluding steroid dienone is 5. The minimum Gasteiger partial charge on any atom is -0.390 e. The lowest BCUT2D eigenvalue weighted by atomic mass is 9.96. The van der Waals surface area contributed by atoms with Crippen molar-refractivity contribution in [2.75, 3.05) is 0 Å². The van der Waals surface area contributed by atoms with Gasteiger partial charge in [0.1, 0.15) is 0 Å². The molecule has 0 heterocycles. The molecule has 0 unspecified atom stereocenters. The molecule has 2 aliphatic carbocycles. The minimum atomic E-state index is -0.596. The quantitative estimate of drug-likeness (QED) is 0.873. The Morgan fingerprint density at radius 3 is 2.32 bits per heavy atom. The SMILES string of the molecule is CC(C)(O)Cc1ccccc1.O=C1C=CC=C2C1=Cc1ccccc12. The summed E-state index contributed by atoms with van der Waals surface area (Å²) in [5.41, 5.74) is 4.79. The summed E-state index contributed by atoms with van der Waals surface area (Å²) in [6.45, 7) is 3.64. The molecule has 0 spiro atoms. The normalized spacial score (nSPS) is 14.8. The van der Waals surface area contributed by atoms with E-state index < -0.39 is 5.60 Å². The summed E-state index contributed by atoms with van der Waals surface area (Å²) in [6, 6.07) is 18.1. The van der Waals surface area contributed by atoms with Crippen LogP contribution in [0.25, 0.3) is 11.6 Å². The van der Waals surface area contributed by atoms with Crippen LogP contribution in [0, 0.1) is 0 Å². The third kappa shape index (κ3) is 4.23. The first-order valence-corrected chi connectivity index (χ1v) is 8.44. The maximum Gasteiger partial charge on any atom is 0.186 e. The second-order valence-corrected chi connectivity index (χ2v) is 6.92. The molecule has 0 fully saturated rings. The number of rotatable bonds is 2. The molecule has 0 saturated carbocycles. The number of hydrogen-bond acceptors (Lipinski definition) is 2. The summed E-state index contributed by atoms with van der Waals surface area (Å²) in [6.07, 6.45) is 8.11. The molecule has 2 nitrogen and oxygen atoms in total. The van der Waals surface area contributed by atoms with Crippen molar-refractivity contribution in [3.8, 4) is 0 Å². The van der Waals surface area contributed by atoms with Crippen molar-refractivity contribution in [1.82, 2.24) is 0 Å². The van der Waals surface area contributed by atoms with Crippen LogP contribution in [0.5, 0.6) is 0 Å². The first kappa shape index (κ1) is 17.1. The van der Waals surface area contributed by atoms with E-state index in [4.69, 9.17) is 0 Å². The molecule has 126 valence electrons. The van der Waals surface area contributed by atoms with Gasteiger partial charge in [0.15, 0.2) is 5.78 Å². The monoisotopic (exact) mass is 330 g/mol. The van der Waals surface area contributed by atoms with E-state index in [-0.39, 0.29) is 5.78 Å². The van der Waals surface area contributed by atoms with Crippen LogP contribution in [0.2, 0.25) is 0 Å². The van der Waals surface area contributed by atoms with E-state index >= 15 is 0 Å². The van der Waals surface area contributed by atoms with Crippen LogP contribution in [0.1, 0.15) is 30.5 Å². The number of carbonyl (C=O) groups excluding carboxylic acids is 1. The highest BCUT2D eigenvalue weighted by molar-refractivity contribution is 6.23. The molecular weight excluding hydrogens is 308 g/mol. The minimum absolute atomic E-state index is 0.110. The summed E-state index contributed by atoms with van der Waals surface area (Å²) < 4.78 is 0. The van der Waals surface area contributed by atoms with Crippen molar-refractivity contribution >= 4 is 17.4 Å². The molecular formula is C23H22O2. The number of carbonyl (C=O) groups is 1. The van der Waals surface area contributed by atoms with Gasteiger partial charge in [-0.1, -0.05) is 66.7 Å². The van der Waals surface area contributed by atoms with Gasteiger partial charge < -0.3 is 5.11 Å². The predicted molar refractivity (Wildman–Crippen MR) is 103 cm³/mol. The van der Waals surface area contributed by atoms with Gasteiger partial charge >= 0.3 is 0 Å². The smallest absolute Gasteiger partial charge is 0.186 e. The summed E-state index contributed by atoms with van der Waals surface area (Å²) in [5.74, 6) is 0.110. The largest absolute Gasteiger partial charge is 0.390 e. The zero-order valence-electron chi connectivity index (χ0n) is 14.6. The van der Waals surface area contributed by atoms with Gasteiger partial charge in [0.2, 0.25) is 0 Å². The molecule has 0 aromatic heterocycles. The van der Waals surface area contributed by atoms with Crippen molar-refractivity contribution in [3.05, 3.63) is 95.1 Å². The standard InChI is InChI=1S/C13H8O.C10H14O/c14-13-7-3-6-11-10-5-2-1-4-9(10)8-12(11)13;1-10(2,11)8-9-6-4-3-5-7-9/h1-8H;3-7,11H,8H2,1-2H3. The number of ketones is 1. The molecule has 25 heavy (non-hydrogen) atoms. The van der Waals surface area contributed by atoms with Crippen LogP contribution in [-0.2, 0) is 11.2 Å². The van der Waals surface area contributed by atoms with Gasteiger partial charge in [-0.2, -0.15) is 0 Å². The molecule has 0 atom stereocenters. The Bertz CT molecular complexity index is 862. The van der Waals surface area contributed by atoms with Crippen LogP contribution >= 0.6 is 0 Å². The second kappa shape index (κ2) is 7.04. The van der Waals surface area contributed by atoms with Crippen molar-refractivity contribution in [3.63, 3.8) is 0 Å². The van der Waals surface area contributed by atoms with Crippen LogP contribution < -0.4 is 0 Å². The Hall–Kier alpha value is -2.71. The van der Waals surface area contributed by atoms with E-state index in [2.05, 4.69) is 6.07 Å². The molecule has 4 rings (SSSR count). The number of hydrogen-bond donors (Lipinski definition) is 1. The van der Waals surface area contributed by atoms with Gasteiger partial charge in [0, 0.05) is 12.0 Å². The highest BCUT2D eigenvalue weighted by atomic mass is 16.3. The average molecular weight is 330 g/mol. The first-order chi connectivity index (χ1) is 11.9. The molecule has 1 N–H and O–H groups in total. The highest BCUT2D eigenvalue weighted by Crippen LogP contribution is 2.37. The molecule has 2 heteroatoms. The Morgan fingerprint density at radius 2 is 1.60 bits per heavy atom. The summed E-state index contributed by atoms with van der Waals surface area (Å²) in [7, 11) is 0. The fourth-order valence-electron chi connectivity index (χ4n) is 3.05. The predicted octanol–water partition coefficient (Wildman–Crippen LogP) is 4.61. The van der Waals surface area contributed by atoms with Gasteiger partial charge in [-0.3, -0.25) is 4.79 Å². The second-order valence-electron chi connectivity index (χ2n) is 6.92. The topological polar surface area (TPSA) is 37.3 Å². The zero-order valence-corrected chi connectivity index (χ0v) is 14.6. The first-order valence-electron chi connectivity index (χ1n) is 8.44. The fourth-order valence-corrected chi connectivity index (χ4v) is 3.05. The molecule has 2 aromatic rings. The summed E-state index contributed by atoms with van der Waals surface area (Å²) >= 11 is 0. The number of aliphatic hydroxyl groups is 1. The van der Waals surface area contributed by atoms with Crippen molar-refractivity contribution in [1.29, 1.82) is 0 Å². The van der Waals surface area contributed by atoms with E-state index in [0.717, 1.165) is 16.7 Å². The van der Waals surface area contributed by atoms with Gasteiger partial charge in [-0.05, 0) is 48.3 Å². The fraction of sp³-hybridized carbons (Fsp3) is 0.174. The van der Waals surface area contributed by atoms with Crippen molar-refractivity contribution in [2.45, 2.75) is 25.9 Å². The van der Waals surface area contributed by atoms with Gasteiger partial charge in [-0.15, -0.1) is 0 Å². The van der Waals surface area contributed by atoms with E-state index in [0.29, 0.717) is 6.42 Å². The van der Waals surface area contributed by atoms with E-state index in [1.54, 1.807) is 6.08 Å². The number of benzene rings is 2. The highest BCUT2D eigenvalue weighted by Gasteiger charge is 2.23. The Kier molecular flexibility index (Phi) is 4.82. The molecule has 2 aliphatic rings. The van der Waals surface area contributed by atoms with Crippen LogP contribution in [0.3, 0.4) is 0 Å². The molecule has 0 amide bonds. The third-order valence-electron chi connectivity index (χ3n) is 4.10.